The topological polar surface area (TPSA) is 58.6 Å². The SMILES string of the molecule is COC(=O)CCNC(CCO)C(C)C. The summed E-state index contributed by atoms with van der Waals surface area (Å²) in [6.45, 7) is 4.96. The van der Waals surface area contributed by atoms with E-state index in [1.165, 1.54) is 7.11 Å². The highest BCUT2D eigenvalue weighted by atomic mass is 16.5. The molecule has 0 spiro atoms. The molecule has 0 aliphatic carbocycles. The standard InChI is InChI=1S/C10H21NO3/c1-8(2)9(5-7-12)11-6-4-10(13)14-3/h8-9,11-12H,4-7H2,1-3H3. The van der Waals surface area contributed by atoms with Crippen LogP contribution < -0.4 is 5.32 Å². The first-order valence-corrected chi connectivity index (χ1v) is 5.02. The molecule has 1 atom stereocenters. The van der Waals surface area contributed by atoms with Gasteiger partial charge in [-0.2, -0.15) is 0 Å². The number of ether oxygens (including phenoxy) is 1. The van der Waals surface area contributed by atoms with Gasteiger partial charge in [-0.1, -0.05) is 13.8 Å². The number of nitrogens with one attached hydrogen (secondary N) is 1. The van der Waals surface area contributed by atoms with Crippen molar-refractivity contribution in [3.05, 3.63) is 0 Å². The molecule has 0 aliphatic rings. The number of aliphatic hydroxyl groups excluding tert-OH is 1. The maximum absolute atomic E-state index is 10.8. The second-order valence-corrected chi connectivity index (χ2v) is 3.64. The van der Waals surface area contributed by atoms with Crippen molar-refractivity contribution in [2.24, 2.45) is 5.92 Å². The predicted molar refractivity (Wildman–Crippen MR) is 55.0 cm³/mol. The van der Waals surface area contributed by atoms with E-state index in [4.69, 9.17) is 5.11 Å². The quantitative estimate of drug-likeness (QED) is 0.593. The normalized spacial score (nSPS) is 12.9. The van der Waals surface area contributed by atoms with Gasteiger partial charge >= 0.3 is 5.97 Å². The lowest BCUT2D eigenvalue weighted by Crippen LogP contribution is -2.36. The van der Waals surface area contributed by atoms with Crippen LogP contribution in [0.5, 0.6) is 0 Å². The zero-order valence-corrected chi connectivity index (χ0v) is 9.25. The molecule has 0 bridgehead atoms. The number of carbonyl (C=O) groups is 1. The van der Waals surface area contributed by atoms with Gasteiger partial charge in [0.05, 0.1) is 13.5 Å². The lowest BCUT2D eigenvalue weighted by molar-refractivity contribution is -0.140. The molecule has 1 unspecified atom stereocenters. The Morgan fingerprint density at radius 1 is 1.50 bits per heavy atom. The van der Waals surface area contributed by atoms with Crippen LogP contribution in [0.3, 0.4) is 0 Å². The molecule has 0 aromatic rings. The van der Waals surface area contributed by atoms with Crippen LogP contribution in [0.2, 0.25) is 0 Å². The maximum Gasteiger partial charge on any atom is 0.306 e. The van der Waals surface area contributed by atoms with Crippen molar-refractivity contribution in [3.8, 4) is 0 Å². The van der Waals surface area contributed by atoms with Gasteiger partial charge in [0.15, 0.2) is 0 Å². The molecule has 0 fully saturated rings. The molecular weight excluding hydrogens is 182 g/mol. The molecule has 0 amide bonds. The number of carbonyl (C=O) groups excluding carboxylic acids is 1. The highest BCUT2D eigenvalue weighted by molar-refractivity contribution is 5.69. The van der Waals surface area contributed by atoms with E-state index < -0.39 is 0 Å². The van der Waals surface area contributed by atoms with Crippen LogP contribution in [-0.4, -0.2) is 37.4 Å². The van der Waals surface area contributed by atoms with Gasteiger partial charge in [0.25, 0.3) is 0 Å². The van der Waals surface area contributed by atoms with E-state index in [1.54, 1.807) is 0 Å². The minimum atomic E-state index is -0.205. The molecule has 0 aromatic heterocycles. The van der Waals surface area contributed by atoms with Gasteiger partial charge in [-0.25, -0.2) is 0 Å². The maximum atomic E-state index is 10.8. The molecule has 0 saturated heterocycles. The third-order valence-electron chi connectivity index (χ3n) is 2.21. The molecule has 84 valence electrons. The third-order valence-corrected chi connectivity index (χ3v) is 2.21. The van der Waals surface area contributed by atoms with Crippen LogP contribution >= 0.6 is 0 Å². The largest absolute Gasteiger partial charge is 0.469 e. The summed E-state index contributed by atoms with van der Waals surface area (Å²) in [6.07, 6.45) is 1.10. The van der Waals surface area contributed by atoms with E-state index in [1.807, 2.05) is 0 Å². The average Bonchev–Trinajstić information content (AvgIpc) is 2.16. The van der Waals surface area contributed by atoms with Crippen LogP contribution in [0.15, 0.2) is 0 Å². The second-order valence-electron chi connectivity index (χ2n) is 3.64. The zero-order valence-electron chi connectivity index (χ0n) is 9.25. The number of aliphatic hydroxyl groups is 1. The van der Waals surface area contributed by atoms with E-state index in [2.05, 4.69) is 23.9 Å². The summed E-state index contributed by atoms with van der Waals surface area (Å²) >= 11 is 0. The summed E-state index contributed by atoms with van der Waals surface area (Å²) in [7, 11) is 1.38. The average molecular weight is 203 g/mol. The van der Waals surface area contributed by atoms with Crippen molar-refractivity contribution in [2.75, 3.05) is 20.3 Å². The lowest BCUT2D eigenvalue weighted by Gasteiger charge is -2.21. The molecule has 0 aliphatic heterocycles. The molecule has 14 heavy (non-hydrogen) atoms. The Hall–Kier alpha value is -0.610. The van der Waals surface area contributed by atoms with Crippen molar-refractivity contribution in [3.63, 3.8) is 0 Å². The third kappa shape index (κ3) is 5.94. The Bertz CT molecular complexity index is 159. The minimum Gasteiger partial charge on any atom is -0.469 e. The fourth-order valence-electron chi connectivity index (χ4n) is 1.27. The first-order chi connectivity index (χ1) is 6.61. The van der Waals surface area contributed by atoms with Crippen LogP contribution in [0.25, 0.3) is 0 Å². The summed E-state index contributed by atoms with van der Waals surface area (Å²) in [5.41, 5.74) is 0. The first kappa shape index (κ1) is 13.4. The molecule has 2 N–H and O–H groups in total. The molecule has 4 heteroatoms. The van der Waals surface area contributed by atoms with E-state index in [9.17, 15) is 4.79 Å². The number of hydrogen-bond acceptors (Lipinski definition) is 4. The van der Waals surface area contributed by atoms with Crippen LogP contribution in [0.1, 0.15) is 26.7 Å². The Balaban J connectivity index is 3.65. The van der Waals surface area contributed by atoms with E-state index in [0.717, 1.165) is 6.42 Å². The van der Waals surface area contributed by atoms with Crippen molar-refractivity contribution in [1.82, 2.24) is 5.32 Å². The summed E-state index contributed by atoms with van der Waals surface area (Å²) in [5.74, 6) is 0.254. The fourth-order valence-corrected chi connectivity index (χ4v) is 1.27. The second kappa shape index (κ2) is 7.76. The van der Waals surface area contributed by atoms with Gasteiger partial charge in [0.2, 0.25) is 0 Å². The predicted octanol–water partition coefficient (Wildman–Crippen LogP) is 0.546. The van der Waals surface area contributed by atoms with Crippen LogP contribution in [0.4, 0.5) is 0 Å². The van der Waals surface area contributed by atoms with E-state index in [0.29, 0.717) is 18.9 Å². The zero-order chi connectivity index (χ0) is 11.0. The van der Waals surface area contributed by atoms with Crippen molar-refractivity contribution < 1.29 is 14.6 Å². The van der Waals surface area contributed by atoms with Gasteiger partial charge in [-0.3, -0.25) is 4.79 Å². The number of esters is 1. The number of hydrogen-bond donors (Lipinski definition) is 2. The van der Waals surface area contributed by atoms with Gasteiger partial charge in [-0.05, 0) is 12.3 Å². The van der Waals surface area contributed by atoms with Gasteiger partial charge in [0, 0.05) is 19.2 Å². The molecule has 0 radical (unpaired) electrons. The summed E-state index contributed by atoms with van der Waals surface area (Å²) < 4.78 is 4.52. The highest BCUT2D eigenvalue weighted by Gasteiger charge is 2.12. The highest BCUT2D eigenvalue weighted by Crippen LogP contribution is 2.05. The molecular formula is C10H21NO3. The van der Waals surface area contributed by atoms with Crippen LogP contribution in [-0.2, 0) is 9.53 Å². The fraction of sp³-hybridized carbons (Fsp3) is 0.900. The van der Waals surface area contributed by atoms with Crippen molar-refractivity contribution >= 4 is 5.97 Å². The molecule has 0 rings (SSSR count). The molecule has 0 heterocycles. The Morgan fingerprint density at radius 2 is 2.14 bits per heavy atom. The molecule has 0 saturated carbocycles. The summed E-state index contributed by atoms with van der Waals surface area (Å²) in [5, 5.41) is 12.0. The monoisotopic (exact) mass is 203 g/mol. The Labute approximate surface area is 85.6 Å². The van der Waals surface area contributed by atoms with Crippen molar-refractivity contribution in [2.45, 2.75) is 32.7 Å². The lowest BCUT2D eigenvalue weighted by atomic mass is 10.0. The van der Waals surface area contributed by atoms with Gasteiger partial charge in [0.1, 0.15) is 0 Å². The van der Waals surface area contributed by atoms with Gasteiger partial charge < -0.3 is 15.2 Å². The summed E-state index contributed by atoms with van der Waals surface area (Å²) in [6, 6.07) is 0.268. The minimum absolute atomic E-state index is 0.175. The molecule has 4 nitrogen and oxygen atoms in total. The van der Waals surface area contributed by atoms with E-state index in [-0.39, 0.29) is 18.6 Å². The molecule has 0 aromatic carbocycles. The first-order valence-electron chi connectivity index (χ1n) is 5.02. The van der Waals surface area contributed by atoms with Crippen molar-refractivity contribution in [1.29, 1.82) is 0 Å². The summed E-state index contributed by atoms with van der Waals surface area (Å²) in [4.78, 5) is 10.8. The van der Waals surface area contributed by atoms with Gasteiger partial charge in [-0.15, -0.1) is 0 Å². The Kier molecular flexibility index (Phi) is 7.42. The Morgan fingerprint density at radius 3 is 2.57 bits per heavy atom. The van der Waals surface area contributed by atoms with E-state index >= 15 is 0 Å². The number of methoxy groups -OCH3 is 1. The smallest absolute Gasteiger partial charge is 0.306 e. The number of rotatable bonds is 7. The van der Waals surface area contributed by atoms with Crippen LogP contribution in [0, 0.1) is 5.92 Å².